The van der Waals surface area contributed by atoms with Gasteiger partial charge >= 0.3 is 6.03 Å². The van der Waals surface area contributed by atoms with E-state index in [1.807, 2.05) is 27.8 Å². The Morgan fingerprint density at radius 1 is 1.42 bits per heavy atom. The molecular formula is C18H29N3O3. The minimum Gasteiger partial charge on any atom is -0.378 e. The van der Waals surface area contributed by atoms with Crippen molar-refractivity contribution in [3.8, 4) is 0 Å². The van der Waals surface area contributed by atoms with E-state index in [4.69, 9.17) is 9.26 Å². The van der Waals surface area contributed by atoms with Gasteiger partial charge in [0.05, 0.1) is 18.3 Å². The molecule has 134 valence electrons. The highest BCUT2D eigenvalue weighted by Gasteiger charge is 2.57. The van der Waals surface area contributed by atoms with E-state index in [1.54, 1.807) is 4.90 Å². The molecule has 1 aromatic heterocycles. The van der Waals surface area contributed by atoms with Crippen LogP contribution in [-0.2, 0) is 11.3 Å². The van der Waals surface area contributed by atoms with Crippen molar-refractivity contribution >= 4 is 6.03 Å². The van der Waals surface area contributed by atoms with Gasteiger partial charge in [-0.3, -0.25) is 0 Å². The summed E-state index contributed by atoms with van der Waals surface area (Å²) < 4.78 is 11.1. The van der Waals surface area contributed by atoms with Crippen LogP contribution in [0.15, 0.2) is 4.52 Å². The zero-order chi connectivity index (χ0) is 17.3. The van der Waals surface area contributed by atoms with Gasteiger partial charge in [0.25, 0.3) is 0 Å². The Labute approximate surface area is 143 Å². The van der Waals surface area contributed by atoms with Crippen molar-refractivity contribution in [2.45, 2.75) is 71.6 Å². The average molecular weight is 335 g/mol. The highest BCUT2D eigenvalue weighted by Crippen LogP contribution is 2.54. The SMILES string of the molecule is CCO[C@H]1C[C@@H](NC(=O)N(C)Cc2c(C)noc2C)C12CCCC2. The van der Waals surface area contributed by atoms with Crippen LogP contribution in [0.1, 0.15) is 56.0 Å². The Bertz CT molecular complexity index is 573. The summed E-state index contributed by atoms with van der Waals surface area (Å²) in [6.07, 6.45) is 6.05. The Morgan fingerprint density at radius 2 is 2.12 bits per heavy atom. The van der Waals surface area contributed by atoms with Crippen molar-refractivity contribution in [1.29, 1.82) is 0 Å². The first-order valence-corrected chi connectivity index (χ1v) is 9.03. The Kier molecular flexibility index (Phi) is 4.85. The standard InChI is InChI=1S/C18H29N3O3/c1-5-23-16-10-15(18(16)8-6-7-9-18)19-17(22)21(4)11-14-12(2)20-24-13(14)3/h15-16H,5-11H2,1-4H3,(H,19,22)/t15-,16+/m1/s1. The number of hydrogen-bond acceptors (Lipinski definition) is 4. The number of nitrogens with zero attached hydrogens (tertiary/aromatic N) is 2. The number of urea groups is 1. The summed E-state index contributed by atoms with van der Waals surface area (Å²) in [5.41, 5.74) is 2.00. The van der Waals surface area contributed by atoms with Gasteiger partial charge in [0.2, 0.25) is 0 Å². The predicted octanol–water partition coefficient (Wildman–Crippen LogP) is 3.17. The largest absolute Gasteiger partial charge is 0.378 e. The van der Waals surface area contributed by atoms with E-state index in [2.05, 4.69) is 10.5 Å². The lowest BCUT2D eigenvalue weighted by Crippen LogP contribution is -2.64. The van der Waals surface area contributed by atoms with Crippen LogP contribution in [0.4, 0.5) is 4.79 Å². The molecule has 6 heteroatoms. The van der Waals surface area contributed by atoms with E-state index in [-0.39, 0.29) is 17.5 Å². The fourth-order valence-corrected chi connectivity index (χ4v) is 4.38. The third-order valence-electron chi connectivity index (χ3n) is 5.91. The summed E-state index contributed by atoms with van der Waals surface area (Å²) in [7, 11) is 1.82. The summed E-state index contributed by atoms with van der Waals surface area (Å²) in [5, 5.41) is 7.20. The molecule has 6 nitrogen and oxygen atoms in total. The number of rotatable bonds is 5. The number of ether oxygens (including phenoxy) is 1. The van der Waals surface area contributed by atoms with E-state index in [1.165, 1.54) is 12.8 Å². The van der Waals surface area contributed by atoms with Gasteiger partial charge in [0, 0.05) is 30.7 Å². The summed E-state index contributed by atoms with van der Waals surface area (Å²) >= 11 is 0. The molecule has 2 amide bonds. The van der Waals surface area contributed by atoms with Crippen LogP contribution >= 0.6 is 0 Å². The summed E-state index contributed by atoms with van der Waals surface area (Å²) in [6, 6.07) is 0.206. The molecule has 2 fully saturated rings. The fourth-order valence-electron chi connectivity index (χ4n) is 4.38. The molecular weight excluding hydrogens is 306 g/mol. The minimum absolute atomic E-state index is 0.0266. The van der Waals surface area contributed by atoms with E-state index in [9.17, 15) is 4.79 Å². The first kappa shape index (κ1) is 17.3. The number of carbonyl (C=O) groups is 1. The van der Waals surface area contributed by atoms with Crippen molar-refractivity contribution in [2.24, 2.45) is 5.41 Å². The van der Waals surface area contributed by atoms with Crippen molar-refractivity contribution < 1.29 is 14.1 Å². The van der Waals surface area contributed by atoms with Gasteiger partial charge in [-0.2, -0.15) is 0 Å². The Hall–Kier alpha value is -1.56. The molecule has 2 atom stereocenters. The molecule has 1 aromatic rings. The number of aryl methyl sites for hydroxylation is 2. The van der Waals surface area contributed by atoms with Crippen molar-refractivity contribution in [1.82, 2.24) is 15.4 Å². The van der Waals surface area contributed by atoms with Gasteiger partial charge in [-0.25, -0.2) is 4.79 Å². The molecule has 2 aliphatic carbocycles. The van der Waals surface area contributed by atoms with Gasteiger partial charge in [0.15, 0.2) is 0 Å². The maximum Gasteiger partial charge on any atom is 0.317 e. The van der Waals surface area contributed by atoms with Crippen LogP contribution in [0.25, 0.3) is 0 Å². The second-order valence-electron chi connectivity index (χ2n) is 7.28. The van der Waals surface area contributed by atoms with E-state index >= 15 is 0 Å². The molecule has 0 radical (unpaired) electrons. The van der Waals surface area contributed by atoms with Crippen LogP contribution < -0.4 is 5.32 Å². The molecule has 1 spiro atoms. The predicted molar refractivity (Wildman–Crippen MR) is 90.7 cm³/mol. The number of nitrogens with one attached hydrogen (secondary N) is 1. The van der Waals surface area contributed by atoms with Crippen LogP contribution in [0, 0.1) is 19.3 Å². The number of hydrogen-bond donors (Lipinski definition) is 1. The Morgan fingerprint density at radius 3 is 2.71 bits per heavy atom. The van der Waals surface area contributed by atoms with Gasteiger partial charge < -0.3 is 19.5 Å². The average Bonchev–Trinajstić information content (AvgIpc) is 3.18. The van der Waals surface area contributed by atoms with Gasteiger partial charge in [-0.1, -0.05) is 18.0 Å². The highest BCUT2D eigenvalue weighted by atomic mass is 16.5. The lowest BCUT2D eigenvalue weighted by atomic mass is 9.60. The third kappa shape index (κ3) is 2.92. The first-order valence-electron chi connectivity index (χ1n) is 9.03. The quantitative estimate of drug-likeness (QED) is 0.897. The molecule has 1 heterocycles. The molecule has 0 aromatic carbocycles. The van der Waals surface area contributed by atoms with Crippen molar-refractivity contribution in [3.63, 3.8) is 0 Å². The van der Waals surface area contributed by atoms with Crippen LogP contribution in [0.2, 0.25) is 0 Å². The summed E-state index contributed by atoms with van der Waals surface area (Å²) in [6.45, 7) is 7.10. The summed E-state index contributed by atoms with van der Waals surface area (Å²) in [4.78, 5) is 14.3. The molecule has 0 aliphatic heterocycles. The maximum absolute atomic E-state index is 12.6. The smallest absolute Gasteiger partial charge is 0.317 e. The normalized spacial score (nSPS) is 24.8. The van der Waals surface area contributed by atoms with Gasteiger partial charge in [0.1, 0.15) is 5.76 Å². The highest BCUT2D eigenvalue weighted by molar-refractivity contribution is 5.74. The zero-order valence-corrected chi connectivity index (χ0v) is 15.2. The van der Waals surface area contributed by atoms with E-state index in [0.717, 1.165) is 42.9 Å². The number of amides is 2. The first-order chi connectivity index (χ1) is 11.5. The molecule has 1 N–H and O–H groups in total. The van der Waals surface area contributed by atoms with Crippen molar-refractivity contribution in [3.05, 3.63) is 17.0 Å². The monoisotopic (exact) mass is 335 g/mol. The molecule has 0 unspecified atom stereocenters. The number of aromatic nitrogens is 1. The van der Waals surface area contributed by atoms with E-state index in [0.29, 0.717) is 12.6 Å². The molecule has 0 saturated heterocycles. The maximum atomic E-state index is 12.6. The second-order valence-corrected chi connectivity index (χ2v) is 7.28. The number of carbonyl (C=O) groups excluding carboxylic acids is 1. The van der Waals surface area contributed by atoms with Crippen LogP contribution in [-0.4, -0.2) is 41.9 Å². The van der Waals surface area contributed by atoms with Gasteiger partial charge in [-0.15, -0.1) is 0 Å². The molecule has 0 bridgehead atoms. The van der Waals surface area contributed by atoms with Crippen LogP contribution in [0.5, 0.6) is 0 Å². The zero-order valence-electron chi connectivity index (χ0n) is 15.2. The van der Waals surface area contributed by atoms with Gasteiger partial charge in [-0.05, 0) is 40.0 Å². The molecule has 2 saturated carbocycles. The van der Waals surface area contributed by atoms with Crippen molar-refractivity contribution in [2.75, 3.05) is 13.7 Å². The van der Waals surface area contributed by atoms with E-state index < -0.39 is 0 Å². The second kappa shape index (κ2) is 6.75. The molecule has 2 aliphatic rings. The third-order valence-corrected chi connectivity index (χ3v) is 5.91. The Balaban J connectivity index is 1.60. The molecule has 3 rings (SSSR count). The lowest BCUT2D eigenvalue weighted by Gasteiger charge is -2.54. The molecule has 24 heavy (non-hydrogen) atoms. The summed E-state index contributed by atoms with van der Waals surface area (Å²) in [5.74, 6) is 0.777. The lowest BCUT2D eigenvalue weighted by molar-refractivity contribution is -0.127. The topological polar surface area (TPSA) is 67.6 Å². The fraction of sp³-hybridized carbons (Fsp3) is 0.778. The minimum atomic E-state index is -0.0266. The van der Waals surface area contributed by atoms with Crippen LogP contribution in [0.3, 0.4) is 0 Å².